The van der Waals surface area contributed by atoms with E-state index in [-0.39, 0.29) is 11.8 Å². The molecule has 2 amide bonds. The van der Waals surface area contributed by atoms with Gasteiger partial charge in [0.1, 0.15) is 0 Å². The lowest BCUT2D eigenvalue weighted by atomic mass is 10.2. The van der Waals surface area contributed by atoms with E-state index in [4.69, 9.17) is 0 Å². The summed E-state index contributed by atoms with van der Waals surface area (Å²) in [7, 11) is 0. The number of benzene rings is 1. The van der Waals surface area contributed by atoms with Crippen molar-refractivity contribution in [2.45, 2.75) is 19.8 Å². The Bertz CT molecular complexity index is 376. The highest BCUT2D eigenvalue weighted by atomic mass is 79.9. The minimum absolute atomic E-state index is 0.187. The first-order valence-electron chi connectivity index (χ1n) is 4.98. The number of carbonyl (C=O) groups is 2. The number of rotatable bonds is 3. The molecule has 1 aromatic carbocycles. The van der Waals surface area contributed by atoms with Gasteiger partial charge in [-0.25, -0.2) is 0 Å². The number of amides is 2. The van der Waals surface area contributed by atoms with Gasteiger partial charge in [0.15, 0.2) is 0 Å². The van der Waals surface area contributed by atoms with Crippen LogP contribution in [0.25, 0.3) is 0 Å². The lowest BCUT2D eigenvalue weighted by Crippen LogP contribution is -2.41. The molecular weight excluding hydrogens is 272 g/mol. The van der Waals surface area contributed by atoms with Gasteiger partial charge in [-0.2, -0.15) is 0 Å². The number of carbonyl (C=O) groups excluding carboxylic acids is 2. The first kappa shape index (κ1) is 12.7. The van der Waals surface area contributed by atoms with Gasteiger partial charge in [0.05, 0.1) is 0 Å². The molecule has 0 saturated carbocycles. The molecule has 0 aromatic heterocycles. The molecule has 1 rings (SSSR count). The van der Waals surface area contributed by atoms with E-state index in [0.29, 0.717) is 12.0 Å². The minimum atomic E-state index is -0.322. The third-order valence-electron chi connectivity index (χ3n) is 1.90. The third-order valence-corrected chi connectivity index (χ3v) is 2.43. The van der Waals surface area contributed by atoms with Gasteiger partial charge in [0.25, 0.3) is 5.91 Å². The molecule has 4 nitrogen and oxygen atoms in total. The summed E-state index contributed by atoms with van der Waals surface area (Å²) < 4.78 is 0.902. The second kappa shape index (κ2) is 6.27. The Balaban J connectivity index is 2.47. The molecule has 0 aliphatic carbocycles. The number of halogens is 1. The fourth-order valence-corrected chi connectivity index (χ4v) is 1.35. The number of hydrazine groups is 1. The Kier molecular flexibility index (Phi) is 4.98. The third kappa shape index (κ3) is 4.02. The molecule has 86 valence electrons. The average Bonchev–Trinajstić information content (AvgIpc) is 2.27. The van der Waals surface area contributed by atoms with Gasteiger partial charge in [-0.3, -0.25) is 20.4 Å². The van der Waals surface area contributed by atoms with E-state index in [0.717, 1.165) is 10.9 Å². The zero-order valence-corrected chi connectivity index (χ0v) is 10.5. The van der Waals surface area contributed by atoms with Crippen molar-refractivity contribution in [2.75, 3.05) is 0 Å². The molecule has 2 N–H and O–H groups in total. The Morgan fingerprint density at radius 2 is 1.81 bits per heavy atom. The Morgan fingerprint density at radius 3 is 2.38 bits per heavy atom. The van der Waals surface area contributed by atoms with Crippen molar-refractivity contribution in [3.8, 4) is 0 Å². The van der Waals surface area contributed by atoms with Gasteiger partial charge < -0.3 is 0 Å². The van der Waals surface area contributed by atoms with Gasteiger partial charge in [-0.1, -0.05) is 22.9 Å². The van der Waals surface area contributed by atoms with E-state index in [1.165, 1.54) is 0 Å². The zero-order chi connectivity index (χ0) is 12.0. The molecule has 0 saturated heterocycles. The lowest BCUT2D eigenvalue weighted by molar-refractivity contribution is -0.121. The maximum Gasteiger partial charge on any atom is 0.269 e. The van der Waals surface area contributed by atoms with Gasteiger partial charge in [0, 0.05) is 16.5 Å². The molecule has 0 aliphatic rings. The van der Waals surface area contributed by atoms with Crippen LogP contribution in [0.15, 0.2) is 28.7 Å². The quantitative estimate of drug-likeness (QED) is 0.835. The van der Waals surface area contributed by atoms with E-state index >= 15 is 0 Å². The fourth-order valence-electron chi connectivity index (χ4n) is 1.09. The summed E-state index contributed by atoms with van der Waals surface area (Å²) in [5.41, 5.74) is 5.20. The molecule has 0 aliphatic heterocycles. The van der Waals surface area contributed by atoms with Crippen molar-refractivity contribution >= 4 is 27.7 Å². The summed E-state index contributed by atoms with van der Waals surface area (Å²) in [5, 5.41) is 0. The Labute approximate surface area is 103 Å². The molecule has 0 heterocycles. The molecule has 0 atom stereocenters. The van der Waals surface area contributed by atoms with E-state index in [9.17, 15) is 9.59 Å². The Hall–Kier alpha value is -1.36. The molecule has 0 bridgehead atoms. The maximum atomic E-state index is 11.5. The SMILES string of the molecule is CCCC(=O)NNC(=O)c1ccc(Br)cc1. The van der Waals surface area contributed by atoms with Crippen molar-refractivity contribution < 1.29 is 9.59 Å². The van der Waals surface area contributed by atoms with Crippen LogP contribution in [0.5, 0.6) is 0 Å². The van der Waals surface area contributed by atoms with E-state index < -0.39 is 0 Å². The van der Waals surface area contributed by atoms with Gasteiger partial charge >= 0.3 is 0 Å². The van der Waals surface area contributed by atoms with Crippen molar-refractivity contribution in [3.05, 3.63) is 34.3 Å². The summed E-state index contributed by atoms with van der Waals surface area (Å²) in [5.74, 6) is -0.509. The predicted octanol–water partition coefficient (Wildman–Crippen LogP) is 2.01. The monoisotopic (exact) mass is 284 g/mol. The van der Waals surface area contributed by atoms with Gasteiger partial charge in [-0.15, -0.1) is 0 Å². The largest absolute Gasteiger partial charge is 0.273 e. The molecular formula is C11H13BrN2O2. The maximum absolute atomic E-state index is 11.5. The standard InChI is InChI=1S/C11H13BrN2O2/c1-2-3-10(15)13-14-11(16)8-4-6-9(12)7-5-8/h4-7H,2-3H2,1H3,(H,13,15)(H,14,16). The van der Waals surface area contributed by atoms with Crippen LogP contribution in [0.3, 0.4) is 0 Å². The van der Waals surface area contributed by atoms with Crippen LogP contribution < -0.4 is 10.9 Å². The molecule has 1 aromatic rings. The van der Waals surface area contributed by atoms with Crippen LogP contribution in [0.4, 0.5) is 0 Å². The van der Waals surface area contributed by atoms with Crippen molar-refractivity contribution in [1.29, 1.82) is 0 Å². The van der Waals surface area contributed by atoms with Gasteiger partial charge in [-0.05, 0) is 30.7 Å². The predicted molar refractivity (Wildman–Crippen MR) is 64.7 cm³/mol. The summed E-state index contributed by atoms with van der Waals surface area (Å²) in [6, 6.07) is 6.88. The zero-order valence-electron chi connectivity index (χ0n) is 8.92. The number of hydrogen-bond acceptors (Lipinski definition) is 2. The molecule has 0 fully saturated rings. The van der Waals surface area contributed by atoms with Crippen LogP contribution in [0.1, 0.15) is 30.1 Å². The molecule has 5 heteroatoms. The fraction of sp³-hybridized carbons (Fsp3) is 0.273. The smallest absolute Gasteiger partial charge is 0.269 e. The second-order valence-corrected chi connectivity index (χ2v) is 4.17. The summed E-state index contributed by atoms with van der Waals surface area (Å²) in [6.45, 7) is 1.90. The van der Waals surface area contributed by atoms with Gasteiger partial charge in [0.2, 0.25) is 5.91 Å². The van der Waals surface area contributed by atoms with E-state index in [1.54, 1.807) is 24.3 Å². The highest BCUT2D eigenvalue weighted by molar-refractivity contribution is 9.10. The van der Waals surface area contributed by atoms with E-state index in [1.807, 2.05) is 6.92 Å². The number of hydrogen-bond donors (Lipinski definition) is 2. The first-order chi connectivity index (χ1) is 7.63. The lowest BCUT2D eigenvalue weighted by Gasteiger charge is -2.06. The van der Waals surface area contributed by atoms with Crippen molar-refractivity contribution in [1.82, 2.24) is 10.9 Å². The van der Waals surface area contributed by atoms with Crippen LogP contribution in [0, 0.1) is 0 Å². The highest BCUT2D eigenvalue weighted by Gasteiger charge is 2.05. The Morgan fingerprint density at radius 1 is 1.19 bits per heavy atom. The van der Waals surface area contributed by atoms with Crippen LogP contribution in [-0.4, -0.2) is 11.8 Å². The van der Waals surface area contributed by atoms with E-state index in [2.05, 4.69) is 26.8 Å². The van der Waals surface area contributed by atoms with Crippen LogP contribution in [0.2, 0.25) is 0 Å². The van der Waals surface area contributed by atoms with Crippen LogP contribution >= 0.6 is 15.9 Å². The summed E-state index contributed by atoms with van der Waals surface area (Å²) >= 11 is 3.28. The highest BCUT2D eigenvalue weighted by Crippen LogP contribution is 2.09. The topological polar surface area (TPSA) is 58.2 Å². The molecule has 16 heavy (non-hydrogen) atoms. The van der Waals surface area contributed by atoms with Crippen molar-refractivity contribution in [3.63, 3.8) is 0 Å². The first-order valence-corrected chi connectivity index (χ1v) is 5.77. The minimum Gasteiger partial charge on any atom is -0.273 e. The van der Waals surface area contributed by atoms with Crippen LogP contribution in [-0.2, 0) is 4.79 Å². The number of nitrogens with one attached hydrogen (secondary N) is 2. The normalized spacial score (nSPS) is 9.62. The molecule has 0 radical (unpaired) electrons. The summed E-state index contributed by atoms with van der Waals surface area (Å²) in [6.07, 6.45) is 1.15. The summed E-state index contributed by atoms with van der Waals surface area (Å²) in [4.78, 5) is 22.6. The van der Waals surface area contributed by atoms with Crippen molar-refractivity contribution in [2.24, 2.45) is 0 Å². The molecule has 0 spiro atoms. The second-order valence-electron chi connectivity index (χ2n) is 3.26. The molecule has 0 unspecified atom stereocenters. The average molecular weight is 285 g/mol.